The molecule has 20 nitrogen and oxygen atoms in total. The van der Waals surface area contributed by atoms with Gasteiger partial charge in [0.2, 0.25) is 5.79 Å². The monoisotopic (exact) mass is 715 g/mol. The van der Waals surface area contributed by atoms with Crippen LogP contribution in [0.3, 0.4) is 0 Å². The second-order valence-corrected chi connectivity index (χ2v) is 13.3. The molecular formula is C29H49NO19. The number of nitrogens with two attached hydrogens (primary N) is 1. The molecule has 5 heterocycles. The highest BCUT2D eigenvalue weighted by atomic mass is 16.8. The van der Waals surface area contributed by atoms with Crippen LogP contribution < -0.4 is 5.73 Å². The average molecular weight is 716 g/mol. The molecule has 20 heteroatoms. The number of fused-ring (bicyclic) bond motifs is 1. The molecule has 0 aromatic rings. The molecular weight excluding hydrogens is 666 g/mol. The molecule has 21 atom stereocenters. The number of hydrogen-bond donors (Lipinski definition) is 11. The van der Waals surface area contributed by atoms with Crippen LogP contribution in [0.1, 0.15) is 20.3 Å². The Balaban J connectivity index is 1.30. The molecule has 0 radical (unpaired) electrons. The zero-order chi connectivity index (χ0) is 35.9. The maximum Gasteiger partial charge on any atom is 0.229 e. The summed E-state index contributed by atoms with van der Waals surface area (Å²) < 4.78 is 46.4. The summed E-state index contributed by atoms with van der Waals surface area (Å²) in [5.74, 6) is -3.29. The summed E-state index contributed by atoms with van der Waals surface area (Å²) >= 11 is 0. The van der Waals surface area contributed by atoms with Gasteiger partial charge >= 0.3 is 0 Å². The summed E-state index contributed by atoms with van der Waals surface area (Å²) in [5, 5.41) is 104. The van der Waals surface area contributed by atoms with E-state index in [2.05, 4.69) is 0 Å². The molecule has 0 bridgehead atoms. The molecule has 0 aliphatic carbocycles. The smallest absolute Gasteiger partial charge is 0.229 e. The van der Waals surface area contributed by atoms with Gasteiger partial charge in [0.05, 0.1) is 50.8 Å². The van der Waals surface area contributed by atoms with Crippen molar-refractivity contribution in [3.8, 4) is 0 Å². The molecule has 0 aromatic carbocycles. The summed E-state index contributed by atoms with van der Waals surface area (Å²) in [4.78, 5) is 12.4. The van der Waals surface area contributed by atoms with Crippen molar-refractivity contribution < 1.29 is 93.8 Å². The fraction of sp³-hybridized carbons (Fsp3) is 0.966. The standard InChI is InChI=1S/C29H49NO19/c1-9-17(38)22(14(6-33)44-27(9)46-21-10(2)42-15(7-34)23-26(21)45-23)47-28-20(41)25(19(40)13(5-32)43-28)49-29(8-35)3-11(36)16(30)24(48-29)18(39)12(37)4-31/h8-28,31-34,36-41H,3-7,30H2,1-2H3/t9?,10-,11-,12?,13?,14+,15?,16-,17?,18-,19+,20+,21+,22-,23-,24?,25?,26?,27+,28+,29+/m1/s1. The van der Waals surface area contributed by atoms with E-state index in [4.69, 9.17) is 43.6 Å². The Bertz CT molecular complexity index is 1090. The van der Waals surface area contributed by atoms with E-state index in [9.17, 15) is 55.9 Å². The highest BCUT2D eigenvalue weighted by molar-refractivity contribution is 5.61. The van der Waals surface area contributed by atoms with E-state index >= 15 is 0 Å². The molecule has 5 aliphatic rings. The van der Waals surface area contributed by atoms with Crippen molar-refractivity contribution in [3.05, 3.63) is 0 Å². The van der Waals surface area contributed by atoms with Crippen LogP contribution >= 0.6 is 0 Å². The molecule has 8 unspecified atom stereocenters. The van der Waals surface area contributed by atoms with E-state index < -0.39 is 142 Å². The first-order chi connectivity index (χ1) is 23.2. The minimum Gasteiger partial charge on any atom is -0.394 e. The Morgan fingerprint density at radius 3 is 2.04 bits per heavy atom. The van der Waals surface area contributed by atoms with Gasteiger partial charge in [-0.2, -0.15) is 0 Å². The number of aliphatic hydroxyl groups excluding tert-OH is 10. The van der Waals surface area contributed by atoms with Gasteiger partial charge in [-0.25, -0.2) is 0 Å². The summed E-state index contributed by atoms with van der Waals surface area (Å²) in [6.45, 7) is 0.633. The van der Waals surface area contributed by atoms with Gasteiger partial charge in [0, 0.05) is 12.3 Å². The number of carbonyl (C=O) groups excluding carboxylic acids is 1. The zero-order valence-corrected chi connectivity index (χ0v) is 26.9. The van der Waals surface area contributed by atoms with E-state index in [1.807, 2.05) is 0 Å². The summed E-state index contributed by atoms with van der Waals surface area (Å²) in [6.07, 6.45) is -23.9. The van der Waals surface area contributed by atoms with Crippen LogP contribution in [0.2, 0.25) is 0 Å². The van der Waals surface area contributed by atoms with Gasteiger partial charge in [-0.3, -0.25) is 4.79 Å². The highest BCUT2D eigenvalue weighted by Gasteiger charge is 2.60. The third kappa shape index (κ3) is 7.69. The van der Waals surface area contributed by atoms with Crippen molar-refractivity contribution >= 4 is 6.29 Å². The van der Waals surface area contributed by atoms with E-state index in [1.165, 1.54) is 0 Å². The molecule has 284 valence electrons. The van der Waals surface area contributed by atoms with Gasteiger partial charge in [-0.15, -0.1) is 0 Å². The van der Waals surface area contributed by atoms with E-state index in [0.717, 1.165) is 0 Å². The first-order valence-corrected chi connectivity index (χ1v) is 16.3. The predicted molar refractivity (Wildman–Crippen MR) is 155 cm³/mol. The second-order valence-electron chi connectivity index (χ2n) is 13.3. The Hall–Kier alpha value is -1.09. The maximum absolute atomic E-state index is 12.4. The molecule has 0 saturated carbocycles. The Labute approximate surface area is 280 Å². The highest BCUT2D eigenvalue weighted by Crippen LogP contribution is 2.42. The number of hydrogen-bond acceptors (Lipinski definition) is 20. The van der Waals surface area contributed by atoms with Crippen LogP contribution in [-0.4, -0.2) is 206 Å². The summed E-state index contributed by atoms with van der Waals surface area (Å²) in [5.41, 5.74) is 5.93. The molecule has 0 aromatic heterocycles. The molecule has 5 aliphatic heterocycles. The lowest BCUT2D eigenvalue weighted by molar-refractivity contribution is -0.381. The van der Waals surface area contributed by atoms with E-state index in [1.54, 1.807) is 13.8 Å². The van der Waals surface area contributed by atoms with Gasteiger partial charge in [-0.1, -0.05) is 6.92 Å². The Kier molecular flexibility index (Phi) is 12.7. The van der Waals surface area contributed by atoms with E-state index in [0.29, 0.717) is 0 Å². The number of carbonyl (C=O) groups is 1. The minimum atomic E-state index is -2.48. The Morgan fingerprint density at radius 2 is 1.43 bits per heavy atom. The number of aldehydes is 1. The minimum absolute atomic E-state index is 0.0886. The molecule has 0 amide bonds. The summed E-state index contributed by atoms with van der Waals surface area (Å²) in [7, 11) is 0. The van der Waals surface area contributed by atoms with Gasteiger partial charge in [0.15, 0.2) is 18.9 Å². The molecule has 5 saturated heterocycles. The van der Waals surface area contributed by atoms with Gasteiger partial charge in [0.25, 0.3) is 0 Å². The number of epoxide rings is 1. The average Bonchev–Trinajstić information content (AvgIpc) is 3.90. The predicted octanol–water partition coefficient (Wildman–Crippen LogP) is -7.07. The first kappa shape index (κ1) is 39.1. The fourth-order valence-electron chi connectivity index (χ4n) is 6.91. The van der Waals surface area contributed by atoms with Crippen LogP contribution in [-0.2, 0) is 42.7 Å². The largest absolute Gasteiger partial charge is 0.394 e. The third-order valence-electron chi connectivity index (χ3n) is 9.93. The lowest BCUT2D eigenvalue weighted by Gasteiger charge is -2.50. The van der Waals surface area contributed by atoms with Crippen LogP contribution in [0.4, 0.5) is 0 Å². The number of aliphatic hydroxyl groups is 10. The third-order valence-corrected chi connectivity index (χ3v) is 9.93. The SMILES string of the molecule is CC1C(O)[C@H](O[C@@H]2OC(CO)[C@H](O)C(O[C@]3(C=O)C[C@@H](O)[C@@H](N)C([C@H](O)C(O)CO)O3)[C@@H]2O)[C@H](CO)O[C@H]1O[C@@H]1C2O[C@@H]2C(CO)O[C@@H]1C. The lowest BCUT2D eigenvalue weighted by Crippen LogP contribution is -2.68. The van der Waals surface area contributed by atoms with Crippen molar-refractivity contribution in [2.75, 3.05) is 26.4 Å². The normalized spacial score (nSPS) is 51.4. The van der Waals surface area contributed by atoms with Crippen LogP contribution in [0.5, 0.6) is 0 Å². The van der Waals surface area contributed by atoms with E-state index in [-0.39, 0.29) is 25.1 Å². The molecule has 12 N–H and O–H groups in total. The number of rotatable bonds is 13. The number of ether oxygens (including phenoxy) is 8. The van der Waals surface area contributed by atoms with Crippen molar-refractivity contribution in [2.45, 2.75) is 142 Å². The van der Waals surface area contributed by atoms with Crippen LogP contribution in [0.15, 0.2) is 0 Å². The maximum atomic E-state index is 12.4. The van der Waals surface area contributed by atoms with Gasteiger partial charge in [0.1, 0.15) is 79.4 Å². The zero-order valence-electron chi connectivity index (χ0n) is 26.9. The summed E-state index contributed by atoms with van der Waals surface area (Å²) in [6, 6.07) is -1.36. The topological polar surface area (TPSA) is 323 Å². The lowest BCUT2D eigenvalue weighted by atomic mass is 9.89. The van der Waals surface area contributed by atoms with Crippen LogP contribution in [0.25, 0.3) is 0 Å². The molecule has 49 heavy (non-hydrogen) atoms. The quantitative estimate of drug-likeness (QED) is 0.0623. The first-order valence-electron chi connectivity index (χ1n) is 16.3. The van der Waals surface area contributed by atoms with Crippen molar-refractivity contribution in [1.82, 2.24) is 0 Å². The van der Waals surface area contributed by atoms with Gasteiger partial charge < -0.3 is 94.7 Å². The fourth-order valence-corrected chi connectivity index (χ4v) is 6.91. The molecule has 5 fully saturated rings. The van der Waals surface area contributed by atoms with Crippen molar-refractivity contribution in [3.63, 3.8) is 0 Å². The molecule has 5 rings (SSSR count). The molecule has 0 spiro atoms. The van der Waals surface area contributed by atoms with Crippen LogP contribution in [0, 0.1) is 5.92 Å². The van der Waals surface area contributed by atoms with Gasteiger partial charge in [-0.05, 0) is 6.92 Å². The van der Waals surface area contributed by atoms with Crippen molar-refractivity contribution in [1.29, 1.82) is 0 Å². The second kappa shape index (κ2) is 15.9. The van der Waals surface area contributed by atoms with Crippen molar-refractivity contribution in [2.24, 2.45) is 11.7 Å². The Morgan fingerprint density at radius 1 is 0.796 bits per heavy atom.